The van der Waals surface area contributed by atoms with Crippen molar-refractivity contribution in [1.29, 1.82) is 0 Å². The summed E-state index contributed by atoms with van der Waals surface area (Å²) in [6.07, 6.45) is 2.47. The molecule has 23 heavy (non-hydrogen) atoms. The van der Waals surface area contributed by atoms with Crippen molar-refractivity contribution in [2.45, 2.75) is 50.2 Å². The van der Waals surface area contributed by atoms with Gasteiger partial charge in [0.05, 0.1) is 17.9 Å². The lowest BCUT2D eigenvalue weighted by Gasteiger charge is -2.23. The van der Waals surface area contributed by atoms with Crippen LogP contribution in [0.15, 0.2) is 56.5 Å². The number of fused-ring (bicyclic) bond motifs is 1. The van der Waals surface area contributed by atoms with Crippen LogP contribution in [0.1, 0.15) is 25.7 Å². The van der Waals surface area contributed by atoms with Crippen LogP contribution < -0.4 is 0 Å². The highest BCUT2D eigenvalue weighted by molar-refractivity contribution is 7.95. The number of ketones is 1. The summed E-state index contributed by atoms with van der Waals surface area (Å²) in [6, 6.07) is 8.57. The molecule has 3 nitrogen and oxygen atoms in total. The van der Waals surface area contributed by atoms with E-state index >= 15 is 0 Å². The number of carbonyl (C=O) groups excluding carboxylic acids is 1. The van der Waals surface area contributed by atoms with Crippen LogP contribution in [0.5, 0.6) is 0 Å². The van der Waals surface area contributed by atoms with Gasteiger partial charge >= 0.3 is 0 Å². The number of hydrogen-bond acceptors (Lipinski definition) is 3. The Bertz CT molecular complexity index is 825. The number of benzene rings is 1. The van der Waals surface area contributed by atoms with E-state index in [0.29, 0.717) is 16.2 Å². The lowest BCUT2D eigenvalue weighted by atomic mass is 9.96. The van der Waals surface area contributed by atoms with Crippen LogP contribution in [0.3, 0.4) is 0 Å². The topological polar surface area (TPSA) is 51.2 Å². The standard InChI is InChI=1S/C18H22O3SSi/c1-23(2,3)18-14-10-7-11-17(15(14)12-16(18)19)22(20,21)13-8-5-4-6-9-13/h4-6,8-9H,7,10-12H2,1-3H3. The average Bonchev–Trinajstić information content (AvgIpc) is 2.83. The van der Waals surface area contributed by atoms with Crippen molar-refractivity contribution in [3.05, 3.63) is 51.6 Å². The minimum atomic E-state index is -3.50. The summed E-state index contributed by atoms with van der Waals surface area (Å²) < 4.78 is 26.0. The second-order valence-electron chi connectivity index (χ2n) is 7.28. The van der Waals surface area contributed by atoms with Crippen molar-refractivity contribution < 1.29 is 13.2 Å². The molecule has 1 aromatic carbocycles. The first-order valence-electron chi connectivity index (χ1n) is 8.02. The molecule has 0 aliphatic heterocycles. The molecular formula is C18H22O3SSi. The maximum absolute atomic E-state index is 13.0. The van der Waals surface area contributed by atoms with Crippen molar-refractivity contribution in [2.24, 2.45) is 0 Å². The quantitative estimate of drug-likeness (QED) is 0.776. The molecule has 3 rings (SSSR count). The van der Waals surface area contributed by atoms with E-state index in [2.05, 4.69) is 19.6 Å². The molecule has 2 aliphatic carbocycles. The Labute approximate surface area is 139 Å². The number of carbonyl (C=O) groups is 1. The minimum absolute atomic E-state index is 0.150. The molecule has 1 aromatic rings. The molecule has 0 atom stereocenters. The molecule has 122 valence electrons. The van der Waals surface area contributed by atoms with Crippen LogP contribution in [0.25, 0.3) is 0 Å². The monoisotopic (exact) mass is 346 g/mol. The van der Waals surface area contributed by atoms with Gasteiger partial charge in [-0.2, -0.15) is 0 Å². The van der Waals surface area contributed by atoms with Gasteiger partial charge in [0.1, 0.15) is 0 Å². The molecule has 0 saturated carbocycles. The Balaban J connectivity index is 2.20. The molecule has 0 amide bonds. The number of Topliss-reactive ketones (excluding diaryl/α,β-unsaturated/α-hetero) is 1. The molecule has 0 radical (unpaired) electrons. The summed E-state index contributed by atoms with van der Waals surface area (Å²) >= 11 is 0. The third kappa shape index (κ3) is 2.76. The first kappa shape index (κ1) is 16.4. The van der Waals surface area contributed by atoms with E-state index in [1.165, 1.54) is 0 Å². The number of hydrogen-bond donors (Lipinski definition) is 0. The Morgan fingerprint density at radius 2 is 1.61 bits per heavy atom. The van der Waals surface area contributed by atoms with Crippen molar-refractivity contribution in [1.82, 2.24) is 0 Å². The normalized spacial score (nSPS) is 19.3. The lowest BCUT2D eigenvalue weighted by Crippen LogP contribution is -2.28. The summed E-state index contributed by atoms with van der Waals surface area (Å²) in [5, 5.41) is 0.966. The van der Waals surface area contributed by atoms with Crippen molar-refractivity contribution in [2.75, 3.05) is 0 Å². The molecule has 0 fully saturated rings. The molecule has 0 N–H and O–H groups in total. The fourth-order valence-electron chi connectivity index (χ4n) is 3.70. The lowest BCUT2D eigenvalue weighted by molar-refractivity contribution is -0.114. The maximum atomic E-state index is 13.0. The highest BCUT2D eigenvalue weighted by atomic mass is 32.2. The van der Waals surface area contributed by atoms with Gasteiger partial charge in [0, 0.05) is 6.42 Å². The van der Waals surface area contributed by atoms with Gasteiger partial charge in [-0.3, -0.25) is 4.79 Å². The smallest absolute Gasteiger partial charge is 0.203 e. The van der Waals surface area contributed by atoms with Crippen molar-refractivity contribution in [3.63, 3.8) is 0 Å². The Morgan fingerprint density at radius 1 is 0.957 bits per heavy atom. The Kier molecular flexibility index (Phi) is 3.97. The summed E-state index contributed by atoms with van der Waals surface area (Å²) in [6.45, 7) is 6.49. The zero-order valence-electron chi connectivity index (χ0n) is 13.8. The van der Waals surface area contributed by atoms with E-state index in [1.807, 2.05) is 6.07 Å². The SMILES string of the molecule is C[Si](C)(C)C1=C2CCCC(S(=O)(=O)c3ccccc3)=C2CC1=O. The van der Waals surface area contributed by atoms with E-state index < -0.39 is 17.9 Å². The Morgan fingerprint density at radius 3 is 2.22 bits per heavy atom. The van der Waals surface area contributed by atoms with Gasteiger partial charge in [-0.25, -0.2) is 8.42 Å². The van der Waals surface area contributed by atoms with E-state index in [4.69, 9.17) is 0 Å². The van der Waals surface area contributed by atoms with Crippen molar-refractivity contribution >= 4 is 23.7 Å². The van der Waals surface area contributed by atoms with Gasteiger partial charge in [0.15, 0.2) is 5.78 Å². The van der Waals surface area contributed by atoms with Crippen LogP contribution in [0, 0.1) is 0 Å². The molecule has 2 aliphatic rings. The van der Waals surface area contributed by atoms with Crippen LogP contribution in [0.2, 0.25) is 19.6 Å². The predicted octanol–water partition coefficient (Wildman–Crippen LogP) is 4.05. The highest BCUT2D eigenvalue weighted by Crippen LogP contribution is 2.45. The van der Waals surface area contributed by atoms with Crippen molar-refractivity contribution in [3.8, 4) is 0 Å². The van der Waals surface area contributed by atoms with E-state index in [-0.39, 0.29) is 12.2 Å². The molecule has 0 bridgehead atoms. The van der Waals surface area contributed by atoms with Gasteiger partial charge in [-0.15, -0.1) is 0 Å². The fraction of sp³-hybridized carbons (Fsp3) is 0.389. The summed E-state index contributed by atoms with van der Waals surface area (Å²) in [5.74, 6) is 0.150. The van der Waals surface area contributed by atoms with Crippen LogP contribution in [0.4, 0.5) is 0 Å². The zero-order valence-corrected chi connectivity index (χ0v) is 15.7. The van der Waals surface area contributed by atoms with E-state index in [9.17, 15) is 13.2 Å². The summed E-state index contributed by atoms with van der Waals surface area (Å²) in [5.41, 5.74) is 1.86. The predicted molar refractivity (Wildman–Crippen MR) is 94.5 cm³/mol. The number of rotatable bonds is 3. The maximum Gasteiger partial charge on any atom is 0.203 e. The second kappa shape index (κ2) is 5.56. The molecular weight excluding hydrogens is 324 g/mol. The average molecular weight is 347 g/mol. The minimum Gasteiger partial charge on any atom is -0.295 e. The third-order valence-electron chi connectivity index (χ3n) is 4.58. The Hall–Kier alpha value is -1.46. The fourth-order valence-corrected chi connectivity index (χ4v) is 7.54. The number of allylic oxidation sites excluding steroid dienone is 4. The van der Waals surface area contributed by atoms with Gasteiger partial charge in [0.25, 0.3) is 0 Å². The zero-order chi connectivity index (χ0) is 16.8. The van der Waals surface area contributed by atoms with Gasteiger partial charge in [-0.05, 0) is 47.7 Å². The first-order valence-corrected chi connectivity index (χ1v) is 13.0. The van der Waals surface area contributed by atoms with Crippen LogP contribution in [-0.2, 0) is 14.6 Å². The third-order valence-corrected chi connectivity index (χ3v) is 8.65. The van der Waals surface area contributed by atoms with Crippen LogP contribution >= 0.6 is 0 Å². The molecule has 0 aromatic heterocycles. The number of sulfone groups is 1. The second-order valence-corrected chi connectivity index (χ2v) is 14.2. The molecule has 0 saturated heterocycles. The van der Waals surface area contributed by atoms with Gasteiger partial charge in [-0.1, -0.05) is 37.8 Å². The molecule has 0 unspecified atom stereocenters. The summed E-state index contributed by atoms with van der Waals surface area (Å²) in [4.78, 5) is 13.4. The molecule has 0 heterocycles. The molecule has 5 heteroatoms. The van der Waals surface area contributed by atoms with Gasteiger partial charge < -0.3 is 0 Å². The first-order chi connectivity index (χ1) is 10.7. The van der Waals surface area contributed by atoms with Crippen LogP contribution in [-0.4, -0.2) is 22.3 Å². The highest BCUT2D eigenvalue weighted by Gasteiger charge is 2.40. The summed E-state index contributed by atoms with van der Waals surface area (Å²) in [7, 11) is -5.26. The van der Waals surface area contributed by atoms with E-state index in [1.54, 1.807) is 24.3 Å². The largest absolute Gasteiger partial charge is 0.295 e. The van der Waals surface area contributed by atoms with E-state index in [0.717, 1.165) is 29.2 Å². The molecule has 0 spiro atoms. The van der Waals surface area contributed by atoms with Gasteiger partial charge in [0.2, 0.25) is 9.84 Å².